The number of pyridine rings is 4. The van der Waals surface area contributed by atoms with Crippen LogP contribution in [0.2, 0.25) is 0 Å². The molecule has 0 amide bonds. The van der Waals surface area contributed by atoms with Crippen LogP contribution in [-0.2, 0) is 0 Å². The zero-order valence-electron chi connectivity index (χ0n) is 22.0. The van der Waals surface area contributed by atoms with Crippen molar-refractivity contribution in [3.05, 3.63) is 140 Å². The molecule has 5 heterocycles. The number of nitrogens with zero attached hydrogens (tertiary/aromatic N) is 5. The SMILES string of the molecule is c1ccc(-c2ccc3ccc4ccc(-c5cccc(-c6c(-c7ccccn7)nc7ccccn67)c5)nc4c3n2)cc1. The zero-order chi connectivity index (χ0) is 27.2. The Bertz CT molecular complexity index is 2200. The molecule has 0 aliphatic rings. The summed E-state index contributed by atoms with van der Waals surface area (Å²) < 4.78 is 2.12. The first-order valence-electron chi connectivity index (χ1n) is 13.6. The lowest BCUT2D eigenvalue weighted by Crippen LogP contribution is -1.93. The van der Waals surface area contributed by atoms with E-state index in [2.05, 4.69) is 82.2 Å². The maximum atomic E-state index is 5.18. The third-order valence-corrected chi connectivity index (χ3v) is 7.46. The Balaban J connectivity index is 1.29. The molecule has 0 unspecified atom stereocenters. The lowest BCUT2D eigenvalue weighted by molar-refractivity contribution is 1.19. The molecule has 8 aromatic rings. The van der Waals surface area contributed by atoms with Crippen LogP contribution in [0, 0.1) is 0 Å². The maximum absolute atomic E-state index is 5.18. The molecule has 8 rings (SSSR count). The van der Waals surface area contributed by atoms with Crippen molar-refractivity contribution in [2.24, 2.45) is 0 Å². The Morgan fingerprint density at radius 2 is 1.12 bits per heavy atom. The van der Waals surface area contributed by atoms with Gasteiger partial charge in [0.1, 0.15) is 11.3 Å². The van der Waals surface area contributed by atoms with Gasteiger partial charge in [0.15, 0.2) is 0 Å². The van der Waals surface area contributed by atoms with Crippen LogP contribution in [0.15, 0.2) is 140 Å². The summed E-state index contributed by atoms with van der Waals surface area (Å²) in [6.07, 6.45) is 3.85. The predicted octanol–water partition coefficient (Wildman–Crippen LogP) is 8.49. The molecule has 0 saturated carbocycles. The van der Waals surface area contributed by atoms with E-state index in [4.69, 9.17) is 15.0 Å². The topological polar surface area (TPSA) is 56.0 Å². The van der Waals surface area contributed by atoms with Gasteiger partial charge in [0.05, 0.1) is 33.8 Å². The van der Waals surface area contributed by atoms with Gasteiger partial charge in [-0.2, -0.15) is 0 Å². The summed E-state index contributed by atoms with van der Waals surface area (Å²) in [7, 11) is 0. The molecule has 0 aliphatic heterocycles. The van der Waals surface area contributed by atoms with Gasteiger partial charge in [-0.25, -0.2) is 15.0 Å². The highest BCUT2D eigenvalue weighted by atomic mass is 15.0. The third-order valence-electron chi connectivity index (χ3n) is 7.46. The fraction of sp³-hybridized carbons (Fsp3) is 0. The van der Waals surface area contributed by atoms with Gasteiger partial charge in [0.25, 0.3) is 0 Å². The summed E-state index contributed by atoms with van der Waals surface area (Å²) >= 11 is 0. The van der Waals surface area contributed by atoms with Crippen molar-refractivity contribution < 1.29 is 0 Å². The molecule has 0 bridgehead atoms. The van der Waals surface area contributed by atoms with E-state index in [1.807, 2.05) is 60.8 Å². The smallest absolute Gasteiger partial charge is 0.138 e. The van der Waals surface area contributed by atoms with Gasteiger partial charge in [-0.3, -0.25) is 9.38 Å². The highest BCUT2D eigenvalue weighted by Gasteiger charge is 2.17. The number of fused-ring (bicyclic) bond motifs is 4. The first-order chi connectivity index (χ1) is 20.3. The number of hydrogen-bond donors (Lipinski definition) is 0. The molecular formula is C36H23N5. The summed E-state index contributed by atoms with van der Waals surface area (Å²) in [5.41, 5.74) is 10.4. The number of rotatable bonds is 4. The first kappa shape index (κ1) is 23.2. The Morgan fingerprint density at radius 1 is 0.463 bits per heavy atom. The van der Waals surface area contributed by atoms with Crippen molar-refractivity contribution in [2.75, 3.05) is 0 Å². The molecule has 0 aliphatic carbocycles. The van der Waals surface area contributed by atoms with Crippen molar-refractivity contribution in [2.45, 2.75) is 0 Å². The van der Waals surface area contributed by atoms with Crippen molar-refractivity contribution >= 4 is 27.5 Å². The molecule has 5 nitrogen and oxygen atoms in total. The Hall–Kier alpha value is -5.68. The van der Waals surface area contributed by atoms with Gasteiger partial charge >= 0.3 is 0 Å². The Labute approximate surface area is 236 Å². The van der Waals surface area contributed by atoms with Crippen LogP contribution < -0.4 is 0 Å². The fourth-order valence-electron chi connectivity index (χ4n) is 5.48. The van der Waals surface area contributed by atoms with Crippen LogP contribution >= 0.6 is 0 Å². The standard InChI is InChI=1S/C36H23N5/c1-2-9-24(10-3-1)29-19-17-25-15-16-26-18-20-30(39-34(26)33(25)38-29)27-11-8-12-28(23-27)36-35(31-13-4-6-21-37-31)40-32-14-5-7-22-41(32)36/h1-23H. The quantitative estimate of drug-likeness (QED) is 0.216. The minimum absolute atomic E-state index is 0.840. The van der Waals surface area contributed by atoms with Crippen molar-refractivity contribution in [1.29, 1.82) is 0 Å². The van der Waals surface area contributed by atoms with Gasteiger partial charge < -0.3 is 0 Å². The lowest BCUT2D eigenvalue weighted by atomic mass is 10.0. The summed E-state index contributed by atoms with van der Waals surface area (Å²) in [5, 5.41) is 2.13. The van der Waals surface area contributed by atoms with Gasteiger partial charge in [-0.1, -0.05) is 84.9 Å². The van der Waals surface area contributed by atoms with Gasteiger partial charge in [-0.05, 0) is 42.5 Å². The molecule has 0 radical (unpaired) electrons. The van der Waals surface area contributed by atoms with Crippen molar-refractivity contribution in [3.63, 3.8) is 0 Å². The monoisotopic (exact) mass is 525 g/mol. The summed E-state index contributed by atoms with van der Waals surface area (Å²) in [4.78, 5) is 19.8. The fourth-order valence-corrected chi connectivity index (χ4v) is 5.48. The van der Waals surface area contributed by atoms with E-state index in [-0.39, 0.29) is 0 Å². The van der Waals surface area contributed by atoms with Crippen LogP contribution in [0.1, 0.15) is 0 Å². The molecule has 5 aromatic heterocycles. The summed E-state index contributed by atoms with van der Waals surface area (Å²) in [6, 6.07) is 43.4. The average Bonchev–Trinajstić information content (AvgIpc) is 3.45. The molecule has 192 valence electrons. The van der Waals surface area contributed by atoms with E-state index in [0.717, 1.165) is 72.6 Å². The molecular weight excluding hydrogens is 502 g/mol. The van der Waals surface area contributed by atoms with E-state index in [1.165, 1.54) is 0 Å². The van der Waals surface area contributed by atoms with Gasteiger partial charge in [-0.15, -0.1) is 0 Å². The lowest BCUT2D eigenvalue weighted by Gasteiger charge is -2.10. The van der Waals surface area contributed by atoms with Crippen LogP contribution in [0.5, 0.6) is 0 Å². The molecule has 3 aromatic carbocycles. The van der Waals surface area contributed by atoms with Gasteiger partial charge in [0.2, 0.25) is 0 Å². The van der Waals surface area contributed by atoms with E-state index in [9.17, 15) is 0 Å². The van der Waals surface area contributed by atoms with Crippen molar-refractivity contribution in [3.8, 4) is 45.2 Å². The largest absolute Gasteiger partial charge is 0.299 e. The minimum atomic E-state index is 0.840. The molecule has 0 spiro atoms. The van der Waals surface area contributed by atoms with Crippen LogP contribution in [0.3, 0.4) is 0 Å². The average molecular weight is 526 g/mol. The summed E-state index contributed by atoms with van der Waals surface area (Å²) in [6.45, 7) is 0. The van der Waals surface area contributed by atoms with Crippen LogP contribution in [0.25, 0.3) is 72.6 Å². The van der Waals surface area contributed by atoms with Crippen LogP contribution in [-0.4, -0.2) is 24.3 Å². The van der Waals surface area contributed by atoms with E-state index < -0.39 is 0 Å². The molecule has 0 fully saturated rings. The highest BCUT2D eigenvalue weighted by molar-refractivity contribution is 6.04. The van der Waals surface area contributed by atoms with E-state index in [0.29, 0.717) is 0 Å². The number of aromatic nitrogens is 5. The number of imidazole rings is 1. The molecule has 0 N–H and O–H groups in total. The second kappa shape index (κ2) is 9.50. The second-order valence-corrected chi connectivity index (χ2v) is 10.0. The molecule has 41 heavy (non-hydrogen) atoms. The second-order valence-electron chi connectivity index (χ2n) is 10.0. The Kier molecular flexibility index (Phi) is 5.38. The third kappa shape index (κ3) is 4.03. The Morgan fingerprint density at radius 3 is 1.88 bits per heavy atom. The summed E-state index contributed by atoms with van der Waals surface area (Å²) in [5.74, 6) is 0. The van der Waals surface area contributed by atoms with Crippen LogP contribution in [0.4, 0.5) is 0 Å². The maximum Gasteiger partial charge on any atom is 0.138 e. The highest BCUT2D eigenvalue weighted by Crippen LogP contribution is 2.34. The molecule has 5 heteroatoms. The minimum Gasteiger partial charge on any atom is -0.299 e. The van der Waals surface area contributed by atoms with E-state index in [1.54, 1.807) is 6.20 Å². The van der Waals surface area contributed by atoms with Crippen molar-refractivity contribution in [1.82, 2.24) is 24.3 Å². The number of benzene rings is 3. The number of hydrogen-bond acceptors (Lipinski definition) is 4. The normalized spacial score (nSPS) is 11.4. The molecule has 0 saturated heterocycles. The van der Waals surface area contributed by atoms with Gasteiger partial charge in [0, 0.05) is 39.9 Å². The predicted molar refractivity (Wildman–Crippen MR) is 165 cm³/mol. The molecule has 0 atom stereocenters. The zero-order valence-corrected chi connectivity index (χ0v) is 22.0. The van der Waals surface area contributed by atoms with E-state index >= 15 is 0 Å². The first-order valence-corrected chi connectivity index (χ1v) is 13.6.